The number of urea groups is 1. The van der Waals surface area contributed by atoms with E-state index in [2.05, 4.69) is 9.88 Å². The van der Waals surface area contributed by atoms with Gasteiger partial charge in [0.1, 0.15) is 5.75 Å². The molecule has 0 unspecified atom stereocenters. The third-order valence-corrected chi connectivity index (χ3v) is 5.72. The Balaban J connectivity index is 1.69. The zero-order valence-electron chi connectivity index (χ0n) is 19.3. The van der Waals surface area contributed by atoms with Crippen LogP contribution in [-0.2, 0) is 6.54 Å². The first-order chi connectivity index (χ1) is 16.1. The molecule has 33 heavy (non-hydrogen) atoms. The van der Waals surface area contributed by atoms with E-state index in [1.807, 2.05) is 66.6 Å². The fraction of sp³-hybridized carbons (Fsp3) is 0.320. The molecule has 8 nitrogen and oxygen atoms in total. The first-order valence-corrected chi connectivity index (χ1v) is 10.8. The second kappa shape index (κ2) is 9.77. The SMILES string of the molecule is CCOc1ccc(NC(=O)N2CCn3cccc3[C@H]2c2cc(OC)c(OC)c(OC)c2)cc1. The zero-order valence-corrected chi connectivity index (χ0v) is 19.3. The van der Waals surface area contributed by atoms with Gasteiger partial charge in [-0.1, -0.05) is 0 Å². The van der Waals surface area contributed by atoms with Gasteiger partial charge in [-0.15, -0.1) is 0 Å². The monoisotopic (exact) mass is 451 g/mol. The molecular formula is C25H29N3O5. The molecule has 0 saturated heterocycles. The van der Waals surface area contributed by atoms with E-state index in [-0.39, 0.29) is 12.1 Å². The number of aromatic nitrogens is 1. The summed E-state index contributed by atoms with van der Waals surface area (Å²) in [6.45, 7) is 3.78. The molecule has 0 spiro atoms. The van der Waals surface area contributed by atoms with E-state index in [9.17, 15) is 4.79 Å². The Labute approximate surface area is 193 Å². The number of hydrogen-bond acceptors (Lipinski definition) is 5. The molecule has 2 aromatic carbocycles. The summed E-state index contributed by atoms with van der Waals surface area (Å²) in [5, 5.41) is 3.02. The highest BCUT2D eigenvalue weighted by molar-refractivity contribution is 5.90. The third kappa shape index (κ3) is 4.41. The van der Waals surface area contributed by atoms with Crippen molar-refractivity contribution in [2.75, 3.05) is 39.8 Å². The Kier molecular flexibility index (Phi) is 6.63. The number of carbonyl (C=O) groups excluding carboxylic acids is 1. The number of ether oxygens (including phenoxy) is 4. The van der Waals surface area contributed by atoms with Crippen LogP contribution in [0.5, 0.6) is 23.0 Å². The number of rotatable bonds is 7. The summed E-state index contributed by atoms with van der Waals surface area (Å²) in [5.41, 5.74) is 2.58. The van der Waals surface area contributed by atoms with Gasteiger partial charge in [0, 0.05) is 30.7 Å². The van der Waals surface area contributed by atoms with Gasteiger partial charge in [-0.05, 0) is 61.0 Å². The molecule has 1 aliphatic heterocycles. The van der Waals surface area contributed by atoms with E-state index in [1.54, 1.807) is 21.3 Å². The molecule has 2 amide bonds. The minimum absolute atomic E-state index is 0.189. The number of amides is 2. The van der Waals surface area contributed by atoms with E-state index >= 15 is 0 Å². The standard InChI is InChI=1S/C25H29N3O5/c1-5-33-19-10-8-18(9-11-19)26-25(29)28-14-13-27-12-6-7-20(27)23(28)17-15-21(30-2)24(32-4)22(16-17)31-3/h6-12,15-16,23H,5,13-14H2,1-4H3,(H,26,29)/t23-/m1/s1. The predicted molar refractivity (Wildman–Crippen MR) is 126 cm³/mol. The van der Waals surface area contributed by atoms with Crippen molar-refractivity contribution in [1.29, 1.82) is 0 Å². The number of nitrogens with one attached hydrogen (secondary N) is 1. The molecule has 1 aliphatic rings. The highest BCUT2D eigenvalue weighted by Gasteiger charge is 2.33. The lowest BCUT2D eigenvalue weighted by Crippen LogP contribution is -2.44. The van der Waals surface area contributed by atoms with Gasteiger partial charge in [0.05, 0.1) is 34.0 Å². The number of benzene rings is 2. The Morgan fingerprint density at radius 3 is 2.30 bits per heavy atom. The van der Waals surface area contributed by atoms with Gasteiger partial charge in [-0.2, -0.15) is 0 Å². The van der Waals surface area contributed by atoms with Gasteiger partial charge in [-0.3, -0.25) is 0 Å². The lowest BCUT2D eigenvalue weighted by Gasteiger charge is -2.37. The molecule has 0 radical (unpaired) electrons. The van der Waals surface area contributed by atoms with Crippen LogP contribution in [0.15, 0.2) is 54.7 Å². The minimum atomic E-state index is -0.329. The molecular weight excluding hydrogens is 422 g/mol. The summed E-state index contributed by atoms with van der Waals surface area (Å²) in [6, 6.07) is 14.7. The zero-order chi connectivity index (χ0) is 23.4. The molecule has 2 heterocycles. The molecule has 8 heteroatoms. The van der Waals surface area contributed by atoms with Crippen LogP contribution in [-0.4, -0.2) is 50.0 Å². The summed E-state index contributed by atoms with van der Waals surface area (Å²) >= 11 is 0. The van der Waals surface area contributed by atoms with Crippen LogP contribution in [0.1, 0.15) is 24.2 Å². The Bertz CT molecular complexity index is 1080. The largest absolute Gasteiger partial charge is 0.494 e. The van der Waals surface area contributed by atoms with Crippen molar-refractivity contribution >= 4 is 11.7 Å². The minimum Gasteiger partial charge on any atom is -0.494 e. The van der Waals surface area contributed by atoms with Crippen LogP contribution in [0.25, 0.3) is 0 Å². The quantitative estimate of drug-likeness (QED) is 0.571. The first kappa shape index (κ1) is 22.4. The molecule has 4 rings (SSSR count). The van der Waals surface area contributed by atoms with E-state index in [1.165, 1.54) is 0 Å². The Morgan fingerprint density at radius 2 is 1.70 bits per heavy atom. The number of nitrogens with zero attached hydrogens (tertiary/aromatic N) is 2. The van der Waals surface area contributed by atoms with Gasteiger partial charge in [0.25, 0.3) is 0 Å². The van der Waals surface area contributed by atoms with Crippen molar-refractivity contribution in [3.05, 3.63) is 66.0 Å². The molecule has 1 atom stereocenters. The molecule has 174 valence electrons. The van der Waals surface area contributed by atoms with Gasteiger partial charge >= 0.3 is 6.03 Å². The Morgan fingerprint density at radius 1 is 1.00 bits per heavy atom. The van der Waals surface area contributed by atoms with E-state index < -0.39 is 0 Å². The molecule has 1 N–H and O–H groups in total. The van der Waals surface area contributed by atoms with E-state index in [4.69, 9.17) is 18.9 Å². The smallest absolute Gasteiger partial charge is 0.322 e. The average Bonchev–Trinajstić information content (AvgIpc) is 3.32. The van der Waals surface area contributed by atoms with Crippen LogP contribution < -0.4 is 24.3 Å². The number of methoxy groups -OCH3 is 3. The van der Waals surface area contributed by atoms with Crippen molar-refractivity contribution < 1.29 is 23.7 Å². The Hall–Kier alpha value is -3.81. The van der Waals surface area contributed by atoms with Crippen molar-refractivity contribution in [2.45, 2.75) is 19.5 Å². The lowest BCUT2D eigenvalue weighted by molar-refractivity contribution is 0.181. The number of fused-ring (bicyclic) bond motifs is 1. The predicted octanol–water partition coefficient (Wildman–Crippen LogP) is 4.55. The number of carbonyl (C=O) groups is 1. The fourth-order valence-electron chi connectivity index (χ4n) is 4.21. The fourth-order valence-corrected chi connectivity index (χ4v) is 4.21. The summed E-state index contributed by atoms with van der Waals surface area (Å²) in [4.78, 5) is 15.2. The third-order valence-electron chi connectivity index (χ3n) is 5.72. The van der Waals surface area contributed by atoms with E-state index in [0.717, 1.165) is 17.0 Å². The van der Waals surface area contributed by atoms with Gasteiger partial charge < -0.3 is 33.7 Å². The van der Waals surface area contributed by atoms with Crippen LogP contribution >= 0.6 is 0 Å². The first-order valence-electron chi connectivity index (χ1n) is 10.8. The van der Waals surface area contributed by atoms with Crippen LogP contribution in [0.4, 0.5) is 10.5 Å². The number of hydrogen-bond donors (Lipinski definition) is 1. The average molecular weight is 452 g/mol. The summed E-state index contributed by atoms with van der Waals surface area (Å²) < 4.78 is 24.2. The van der Waals surface area contributed by atoms with Crippen LogP contribution in [0, 0.1) is 0 Å². The molecule has 0 fully saturated rings. The molecule has 1 aromatic heterocycles. The van der Waals surface area contributed by atoms with Crippen LogP contribution in [0.2, 0.25) is 0 Å². The van der Waals surface area contributed by atoms with Crippen molar-refractivity contribution in [3.63, 3.8) is 0 Å². The van der Waals surface area contributed by atoms with Crippen molar-refractivity contribution in [1.82, 2.24) is 9.47 Å². The maximum atomic E-state index is 13.4. The second-order valence-corrected chi connectivity index (χ2v) is 7.57. The topological polar surface area (TPSA) is 74.2 Å². The summed E-state index contributed by atoms with van der Waals surface area (Å²) in [6.07, 6.45) is 2.03. The maximum Gasteiger partial charge on any atom is 0.322 e. The van der Waals surface area contributed by atoms with Crippen LogP contribution in [0.3, 0.4) is 0 Å². The normalized spacial score (nSPS) is 14.9. The highest BCUT2D eigenvalue weighted by atomic mass is 16.5. The molecule has 3 aromatic rings. The molecule has 0 bridgehead atoms. The summed E-state index contributed by atoms with van der Waals surface area (Å²) in [7, 11) is 4.74. The molecule has 0 saturated carbocycles. The molecule has 0 aliphatic carbocycles. The lowest BCUT2D eigenvalue weighted by atomic mass is 9.99. The van der Waals surface area contributed by atoms with E-state index in [0.29, 0.717) is 42.6 Å². The number of anilines is 1. The summed E-state index contributed by atoms with van der Waals surface area (Å²) in [5.74, 6) is 2.37. The second-order valence-electron chi connectivity index (χ2n) is 7.57. The van der Waals surface area contributed by atoms with Crippen molar-refractivity contribution in [3.8, 4) is 23.0 Å². The van der Waals surface area contributed by atoms with Gasteiger partial charge in [0.2, 0.25) is 5.75 Å². The van der Waals surface area contributed by atoms with Crippen molar-refractivity contribution in [2.24, 2.45) is 0 Å². The van der Waals surface area contributed by atoms with Gasteiger partial charge in [0.15, 0.2) is 11.5 Å². The van der Waals surface area contributed by atoms with Gasteiger partial charge in [-0.25, -0.2) is 4.79 Å². The maximum absolute atomic E-state index is 13.4. The highest BCUT2D eigenvalue weighted by Crippen LogP contribution is 2.43.